The van der Waals surface area contributed by atoms with Gasteiger partial charge in [-0.25, -0.2) is 4.98 Å². The van der Waals surface area contributed by atoms with Gasteiger partial charge < -0.3 is 5.32 Å². The molecule has 0 bridgehead atoms. The van der Waals surface area contributed by atoms with Crippen molar-refractivity contribution in [2.75, 3.05) is 5.32 Å². The summed E-state index contributed by atoms with van der Waals surface area (Å²) < 4.78 is 1.40. The summed E-state index contributed by atoms with van der Waals surface area (Å²) in [6.07, 6.45) is 4.60. The number of hydrogen-bond acceptors (Lipinski definition) is 3. The fraction of sp³-hybridized carbons (Fsp3) is 0.150. The van der Waals surface area contributed by atoms with Gasteiger partial charge in [-0.2, -0.15) is 0 Å². The quantitative estimate of drug-likeness (QED) is 0.770. The average molecular weight is 366 g/mol. The lowest BCUT2D eigenvalue weighted by Crippen LogP contribution is -2.21. The molecule has 0 atom stereocenters. The Bertz CT molecular complexity index is 1060. The molecular weight excluding hydrogens is 350 g/mol. The number of carbonyl (C=O) groups excluding carboxylic acids is 1. The van der Waals surface area contributed by atoms with E-state index in [1.165, 1.54) is 28.5 Å². The van der Waals surface area contributed by atoms with Crippen molar-refractivity contribution in [3.05, 3.63) is 86.9 Å². The second kappa shape index (κ2) is 6.77. The van der Waals surface area contributed by atoms with Crippen LogP contribution in [0.15, 0.2) is 59.5 Å². The van der Waals surface area contributed by atoms with E-state index in [2.05, 4.69) is 10.3 Å². The zero-order valence-electron chi connectivity index (χ0n) is 13.9. The van der Waals surface area contributed by atoms with E-state index in [4.69, 9.17) is 11.6 Å². The van der Waals surface area contributed by atoms with Gasteiger partial charge in [0.2, 0.25) is 0 Å². The van der Waals surface area contributed by atoms with Gasteiger partial charge in [-0.1, -0.05) is 23.7 Å². The van der Waals surface area contributed by atoms with Gasteiger partial charge in [0.1, 0.15) is 5.82 Å². The number of rotatable bonds is 3. The highest BCUT2D eigenvalue weighted by molar-refractivity contribution is 6.30. The van der Waals surface area contributed by atoms with Crippen LogP contribution >= 0.6 is 11.6 Å². The van der Waals surface area contributed by atoms with Crippen LogP contribution in [0.5, 0.6) is 0 Å². The maximum atomic E-state index is 12.6. The molecule has 1 aliphatic carbocycles. The van der Waals surface area contributed by atoms with Crippen LogP contribution in [0.2, 0.25) is 5.02 Å². The van der Waals surface area contributed by atoms with E-state index >= 15 is 0 Å². The van der Waals surface area contributed by atoms with Gasteiger partial charge in [0, 0.05) is 23.0 Å². The highest BCUT2D eigenvalue weighted by Gasteiger charge is 2.14. The summed E-state index contributed by atoms with van der Waals surface area (Å²) in [4.78, 5) is 29.3. The lowest BCUT2D eigenvalue weighted by atomic mass is 10.2. The standard InChI is InChI=1S/C20H16ClN3O2/c21-15-4-2-5-16(11-15)24-12-14(8-10-19(24)25)20(26)23-18-9-7-13-3-1-6-17(13)22-18/h2,4-5,7-12H,1,3,6H2,(H,22,23,26). The van der Waals surface area contributed by atoms with Crippen LogP contribution < -0.4 is 10.9 Å². The van der Waals surface area contributed by atoms with E-state index in [1.54, 1.807) is 24.3 Å². The highest BCUT2D eigenvalue weighted by atomic mass is 35.5. The summed E-state index contributed by atoms with van der Waals surface area (Å²) in [6, 6.07) is 13.6. The number of fused-ring (bicyclic) bond motifs is 1. The third kappa shape index (κ3) is 3.26. The predicted octanol–water partition coefficient (Wildman–Crippen LogP) is 3.63. The number of pyridine rings is 2. The van der Waals surface area contributed by atoms with E-state index < -0.39 is 0 Å². The number of aromatic nitrogens is 2. The largest absolute Gasteiger partial charge is 0.307 e. The molecule has 3 aromatic rings. The van der Waals surface area contributed by atoms with Crippen LogP contribution in [0.3, 0.4) is 0 Å². The molecule has 0 saturated carbocycles. The minimum atomic E-state index is -0.314. The highest BCUT2D eigenvalue weighted by Crippen LogP contribution is 2.22. The summed E-state index contributed by atoms with van der Waals surface area (Å²) in [7, 11) is 0. The topological polar surface area (TPSA) is 64.0 Å². The van der Waals surface area contributed by atoms with Gasteiger partial charge in [-0.3, -0.25) is 14.2 Å². The van der Waals surface area contributed by atoms with E-state index in [1.807, 2.05) is 12.1 Å². The Morgan fingerprint density at radius 3 is 2.85 bits per heavy atom. The van der Waals surface area contributed by atoms with Crippen LogP contribution in [0, 0.1) is 0 Å². The van der Waals surface area contributed by atoms with E-state index in [9.17, 15) is 9.59 Å². The van der Waals surface area contributed by atoms with Crippen molar-refractivity contribution in [3.8, 4) is 5.69 Å². The number of carbonyl (C=O) groups is 1. The maximum Gasteiger partial charge on any atom is 0.258 e. The number of aryl methyl sites for hydroxylation is 2. The molecule has 0 radical (unpaired) electrons. The molecule has 1 aliphatic rings. The second-order valence-corrected chi connectivity index (χ2v) is 6.65. The molecule has 6 heteroatoms. The van der Waals surface area contributed by atoms with E-state index in [0.717, 1.165) is 25.0 Å². The average Bonchev–Trinajstić information content (AvgIpc) is 3.10. The molecule has 0 fully saturated rings. The van der Waals surface area contributed by atoms with Crippen LogP contribution in [-0.2, 0) is 12.8 Å². The summed E-state index contributed by atoms with van der Waals surface area (Å²) in [5, 5.41) is 3.33. The minimum absolute atomic E-state index is 0.237. The number of nitrogens with one attached hydrogen (secondary N) is 1. The first-order valence-corrected chi connectivity index (χ1v) is 8.77. The minimum Gasteiger partial charge on any atom is -0.307 e. The SMILES string of the molecule is O=C(Nc1ccc2c(n1)CCC2)c1ccc(=O)n(-c2cccc(Cl)c2)c1. The van der Waals surface area contributed by atoms with Crippen molar-refractivity contribution in [3.63, 3.8) is 0 Å². The molecule has 0 spiro atoms. The molecule has 5 nitrogen and oxygen atoms in total. The lowest BCUT2D eigenvalue weighted by Gasteiger charge is -2.10. The molecule has 0 unspecified atom stereocenters. The smallest absolute Gasteiger partial charge is 0.258 e. The Morgan fingerprint density at radius 1 is 1.12 bits per heavy atom. The Kier molecular flexibility index (Phi) is 4.31. The molecule has 26 heavy (non-hydrogen) atoms. The Hall–Kier alpha value is -2.92. The molecule has 4 rings (SSSR count). The third-order valence-electron chi connectivity index (χ3n) is 4.43. The number of halogens is 1. The van der Waals surface area contributed by atoms with Gasteiger partial charge in [-0.05, 0) is 55.2 Å². The van der Waals surface area contributed by atoms with Crippen molar-refractivity contribution in [1.29, 1.82) is 0 Å². The van der Waals surface area contributed by atoms with Crippen molar-refractivity contribution >= 4 is 23.3 Å². The first-order valence-electron chi connectivity index (χ1n) is 8.39. The zero-order valence-corrected chi connectivity index (χ0v) is 14.7. The summed E-state index contributed by atoms with van der Waals surface area (Å²) in [5.74, 6) is 0.211. The van der Waals surface area contributed by atoms with E-state index in [0.29, 0.717) is 22.1 Å². The van der Waals surface area contributed by atoms with Crippen molar-refractivity contribution in [2.45, 2.75) is 19.3 Å². The van der Waals surface area contributed by atoms with Crippen molar-refractivity contribution in [1.82, 2.24) is 9.55 Å². The van der Waals surface area contributed by atoms with Crippen LogP contribution in [0.1, 0.15) is 28.0 Å². The third-order valence-corrected chi connectivity index (χ3v) is 4.66. The van der Waals surface area contributed by atoms with Gasteiger partial charge >= 0.3 is 0 Å². The van der Waals surface area contributed by atoms with Gasteiger partial charge in [0.25, 0.3) is 11.5 Å². The normalized spacial score (nSPS) is 12.7. The molecule has 0 saturated heterocycles. The number of benzene rings is 1. The van der Waals surface area contributed by atoms with Crippen LogP contribution in [0.4, 0.5) is 5.82 Å². The summed E-state index contributed by atoms with van der Waals surface area (Å²) >= 11 is 6.00. The first kappa shape index (κ1) is 16.5. The summed E-state index contributed by atoms with van der Waals surface area (Å²) in [6.45, 7) is 0. The van der Waals surface area contributed by atoms with Crippen molar-refractivity contribution < 1.29 is 4.79 Å². The lowest BCUT2D eigenvalue weighted by molar-refractivity contribution is 0.102. The fourth-order valence-corrected chi connectivity index (χ4v) is 3.31. The maximum absolute atomic E-state index is 12.6. The van der Waals surface area contributed by atoms with Gasteiger partial charge in [0.15, 0.2) is 0 Å². The Balaban J connectivity index is 1.62. The number of anilines is 1. The van der Waals surface area contributed by atoms with Gasteiger partial charge in [-0.15, -0.1) is 0 Å². The molecule has 1 aromatic carbocycles. The monoisotopic (exact) mass is 365 g/mol. The second-order valence-electron chi connectivity index (χ2n) is 6.22. The van der Waals surface area contributed by atoms with Gasteiger partial charge in [0.05, 0.1) is 11.3 Å². The molecule has 1 N–H and O–H groups in total. The molecular formula is C20H16ClN3O2. The number of amides is 1. The Morgan fingerprint density at radius 2 is 2.00 bits per heavy atom. The van der Waals surface area contributed by atoms with Crippen LogP contribution in [-0.4, -0.2) is 15.5 Å². The Labute approximate surface area is 155 Å². The molecule has 2 aromatic heterocycles. The number of hydrogen-bond donors (Lipinski definition) is 1. The van der Waals surface area contributed by atoms with E-state index in [-0.39, 0.29) is 11.5 Å². The first-order chi connectivity index (χ1) is 12.6. The predicted molar refractivity (Wildman–Crippen MR) is 101 cm³/mol. The summed E-state index contributed by atoms with van der Waals surface area (Å²) in [5.41, 5.74) is 3.03. The zero-order chi connectivity index (χ0) is 18.1. The molecule has 1 amide bonds. The number of nitrogens with zero attached hydrogens (tertiary/aromatic N) is 2. The molecule has 130 valence electrons. The fourth-order valence-electron chi connectivity index (χ4n) is 3.13. The molecule has 2 heterocycles. The van der Waals surface area contributed by atoms with Crippen molar-refractivity contribution in [2.24, 2.45) is 0 Å². The molecule has 0 aliphatic heterocycles. The van der Waals surface area contributed by atoms with Crippen LogP contribution in [0.25, 0.3) is 5.69 Å².